The Kier molecular flexibility index (Phi) is 5.14. The quantitative estimate of drug-likeness (QED) is 0.789. The summed E-state index contributed by atoms with van der Waals surface area (Å²) < 4.78 is 23.6. The van der Waals surface area contributed by atoms with E-state index in [1.54, 1.807) is 18.2 Å². The van der Waals surface area contributed by atoms with Gasteiger partial charge >= 0.3 is 0 Å². The summed E-state index contributed by atoms with van der Waals surface area (Å²) >= 11 is 15.0. The first-order valence-electron chi connectivity index (χ1n) is 5.77. The van der Waals surface area contributed by atoms with Gasteiger partial charge in [-0.05, 0) is 36.4 Å². The number of nitrogens with one attached hydrogen (secondary N) is 1. The molecule has 0 fully saturated rings. The summed E-state index contributed by atoms with van der Waals surface area (Å²) in [7, 11) is -4.02. The normalized spacial score (nSPS) is 11.3. The standard InChI is InChI=1S/C13H9BrCl2N2O3S/c14-8-2-4-11(10(16)6-8)18-13(19)7-1-3-9(15)12(5-7)22(17,20)21/h1-6H,(H,18,19)(H2,17,20,21). The van der Waals surface area contributed by atoms with Crippen LogP contribution in [0.25, 0.3) is 0 Å². The van der Waals surface area contributed by atoms with Crippen molar-refractivity contribution in [3.63, 3.8) is 0 Å². The number of nitrogens with two attached hydrogens (primary N) is 1. The van der Waals surface area contributed by atoms with E-state index in [4.69, 9.17) is 28.3 Å². The molecule has 0 aliphatic carbocycles. The molecule has 0 unspecified atom stereocenters. The molecule has 0 aliphatic heterocycles. The van der Waals surface area contributed by atoms with Crippen LogP contribution >= 0.6 is 39.1 Å². The van der Waals surface area contributed by atoms with Crippen molar-refractivity contribution in [2.45, 2.75) is 4.90 Å². The lowest BCUT2D eigenvalue weighted by molar-refractivity contribution is 0.102. The summed E-state index contributed by atoms with van der Waals surface area (Å²) in [5.41, 5.74) is 0.481. The Morgan fingerprint density at radius 3 is 2.36 bits per heavy atom. The zero-order chi connectivity index (χ0) is 16.5. The maximum absolute atomic E-state index is 12.2. The van der Waals surface area contributed by atoms with Crippen molar-refractivity contribution in [2.24, 2.45) is 5.14 Å². The largest absolute Gasteiger partial charge is 0.321 e. The average molecular weight is 424 g/mol. The van der Waals surface area contributed by atoms with Crippen LogP contribution in [0.15, 0.2) is 45.8 Å². The van der Waals surface area contributed by atoms with Gasteiger partial charge < -0.3 is 5.32 Å². The third-order valence-corrected chi connectivity index (χ3v) is 4.88. The molecule has 0 bridgehead atoms. The van der Waals surface area contributed by atoms with Crippen molar-refractivity contribution in [2.75, 3.05) is 5.32 Å². The van der Waals surface area contributed by atoms with Crippen molar-refractivity contribution in [3.05, 3.63) is 56.5 Å². The summed E-state index contributed by atoms with van der Waals surface area (Å²) in [6.45, 7) is 0. The first-order chi connectivity index (χ1) is 10.2. The number of sulfonamides is 1. The van der Waals surface area contributed by atoms with Gasteiger partial charge in [-0.3, -0.25) is 4.79 Å². The highest BCUT2D eigenvalue weighted by Crippen LogP contribution is 2.27. The van der Waals surface area contributed by atoms with Crippen LogP contribution in [-0.2, 0) is 10.0 Å². The number of hydrogen-bond acceptors (Lipinski definition) is 3. The molecule has 9 heteroatoms. The molecule has 0 aliphatic rings. The number of carbonyl (C=O) groups is 1. The molecule has 0 aromatic heterocycles. The van der Waals surface area contributed by atoms with Crippen LogP contribution in [0.3, 0.4) is 0 Å². The summed E-state index contributed by atoms with van der Waals surface area (Å²) in [6.07, 6.45) is 0. The van der Waals surface area contributed by atoms with E-state index < -0.39 is 15.9 Å². The Morgan fingerprint density at radius 1 is 1.09 bits per heavy atom. The van der Waals surface area contributed by atoms with Crippen molar-refractivity contribution in [1.82, 2.24) is 0 Å². The van der Waals surface area contributed by atoms with Gasteiger partial charge in [0.05, 0.1) is 15.7 Å². The fourth-order valence-electron chi connectivity index (χ4n) is 1.65. The third-order valence-electron chi connectivity index (χ3n) is 2.68. The van der Waals surface area contributed by atoms with E-state index in [2.05, 4.69) is 21.2 Å². The van der Waals surface area contributed by atoms with Gasteiger partial charge in [-0.2, -0.15) is 0 Å². The Labute approximate surface area is 145 Å². The molecule has 0 spiro atoms. The molecular weight excluding hydrogens is 415 g/mol. The van der Waals surface area contributed by atoms with E-state index in [1.165, 1.54) is 12.1 Å². The topological polar surface area (TPSA) is 89.3 Å². The average Bonchev–Trinajstić information content (AvgIpc) is 2.41. The Hall–Kier alpha value is -1.12. The highest BCUT2D eigenvalue weighted by atomic mass is 79.9. The maximum atomic E-state index is 12.2. The molecule has 116 valence electrons. The minimum atomic E-state index is -4.02. The van der Waals surface area contributed by atoms with Crippen LogP contribution < -0.4 is 10.5 Å². The predicted molar refractivity (Wildman–Crippen MR) is 89.9 cm³/mol. The van der Waals surface area contributed by atoms with Crippen molar-refractivity contribution in [1.29, 1.82) is 0 Å². The molecule has 2 rings (SSSR count). The molecule has 1 amide bonds. The van der Waals surface area contributed by atoms with Crippen molar-refractivity contribution in [3.8, 4) is 0 Å². The highest BCUT2D eigenvalue weighted by Gasteiger charge is 2.17. The van der Waals surface area contributed by atoms with E-state index in [0.717, 1.165) is 10.5 Å². The molecule has 22 heavy (non-hydrogen) atoms. The SMILES string of the molecule is NS(=O)(=O)c1cc(C(=O)Nc2ccc(Br)cc2Cl)ccc1Cl. The molecule has 0 radical (unpaired) electrons. The zero-order valence-electron chi connectivity index (χ0n) is 10.8. The predicted octanol–water partition coefficient (Wildman–Crippen LogP) is 3.66. The number of hydrogen-bond donors (Lipinski definition) is 2. The molecular formula is C13H9BrCl2N2O3S. The van der Waals surface area contributed by atoms with Gasteiger partial charge in [-0.15, -0.1) is 0 Å². The minimum Gasteiger partial charge on any atom is -0.321 e. The van der Waals surface area contributed by atoms with Gasteiger partial charge in [-0.1, -0.05) is 39.1 Å². The van der Waals surface area contributed by atoms with Gasteiger partial charge in [-0.25, -0.2) is 13.6 Å². The molecule has 2 aromatic carbocycles. The lowest BCUT2D eigenvalue weighted by atomic mass is 10.2. The molecule has 0 saturated carbocycles. The second-order valence-corrected chi connectivity index (χ2v) is 7.53. The summed E-state index contributed by atoms with van der Waals surface area (Å²) in [6, 6.07) is 8.73. The summed E-state index contributed by atoms with van der Waals surface area (Å²) in [5.74, 6) is -0.536. The van der Waals surface area contributed by atoms with Gasteiger partial charge in [0.15, 0.2) is 0 Å². The highest BCUT2D eigenvalue weighted by molar-refractivity contribution is 9.10. The summed E-state index contributed by atoms with van der Waals surface area (Å²) in [5, 5.41) is 7.91. The first-order valence-corrected chi connectivity index (χ1v) is 8.87. The Balaban J connectivity index is 2.34. The second-order valence-electron chi connectivity index (χ2n) is 4.27. The lowest BCUT2D eigenvalue weighted by Crippen LogP contribution is -2.16. The van der Waals surface area contributed by atoms with E-state index in [-0.39, 0.29) is 15.5 Å². The number of amides is 1. The lowest BCUT2D eigenvalue weighted by Gasteiger charge is -2.09. The minimum absolute atomic E-state index is 0.0549. The Morgan fingerprint density at radius 2 is 1.77 bits per heavy atom. The third kappa shape index (κ3) is 3.99. The smallest absolute Gasteiger partial charge is 0.255 e. The number of primary sulfonamides is 1. The van der Waals surface area contributed by atoms with Gasteiger partial charge in [0, 0.05) is 10.0 Å². The Bertz CT molecular complexity index is 856. The van der Waals surface area contributed by atoms with Crippen molar-refractivity contribution >= 4 is 60.7 Å². The molecule has 0 saturated heterocycles. The van der Waals surface area contributed by atoms with Gasteiger partial charge in [0.2, 0.25) is 10.0 Å². The monoisotopic (exact) mass is 422 g/mol. The van der Waals surface area contributed by atoms with Crippen LogP contribution in [0.2, 0.25) is 10.0 Å². The number of halogens is 3. The van der Waals surface area contributed by atoms with Crippen LogP contribution in [0.5, 0.6) is 0 Å². The fourth-order valence-corrected chi connectivity index (χ4v) is 3.44. The molecule has 5 nitrogen and oxygen atoms in total. The van der Waals surface area contributed by atoms with Crippen LogP contribution in [-0.4, -0.2) is 14.3 Å². The van der Waals surface area contributed by atoms with E-state index in [9.17, 15) is 13.2 Å². The number of benzene rings is 2. The van der Waals surface area contributed by atoms with Gasteiger partial charge in [0.25, 0.3) is 5.91 Å². The molecule has 2 aromatic rings. The fraction of sp³-hybridized carbons (Fsp3) is 0. The zero-order valence-corrected chi connectivity index (χ0v) is 14.7. The van der Waals surface area contributed by atoms with Crippen LogP contribution in [0.4, 0.5) is 5.69 Å². The molecule has 3 N–H and O–H groups in total. The van der Waals surface area contributed by atoms with Crippen LogP contribution in [0.1, 0.15) is 10.4 Å². The number of anilines is 1. The number of rotatable bonds is 3. The molecule has 0 heterocycles. The van der Waals surface area contributed by atoms with E-state index in [1.807, 2.05) is 0 Å². The van der Waals surface area contributed by atoms with Gasteiger partial charge in [0.1, 0.15) is 4.90 Å². The summed E-state index contributed by atoms with van der Waals surface area (Å²) in [4.78, 5) is 11.9. The van der Waals surface area contributed by atoms with Crippen LogP contribution in [0, 0.1) is 0 Å². The first kappa shape index (κ1) is 17.2. The van der Waals surface area contributed by atoms with Crippen molar-refractivity contribution < 1.29 is 13.2 Å². The molecule has 0 atom stereocenters. The maximum Gasteiger partial charge on any atom is 0.255 e. The van der Waals surface area contributed by atoms with E-state index in [0.29, 0.717) is 10.7 Å². The van der Waals surface area contributed by atoms with E-state index >= 15 is 0 Å². The number of carbonyl (C=O) groups excluding carboxylic acids is 1. The second kappa shape index (κ2) is 6.55.